The lowest BCUT2D eigenvalue weighted by molar-refractivity contribution is -0.132. The predicted octanol–water partition coefficient (Wildman–Crippen LogP) is 3.17. The van der Waals surface area contributed by atoms with E-state index in [9.17, 15) is 9.59 Å². The molecule has 2 aliphatic rings. The van der Waals surface area contributed by atoms with Gasteiger partial charge in [-0.25, -0.2) is 4.79 Å². The molecule has 1 unspecified atom stereocenters. The summed E-state index contributed by atoms with van der Waals surface area (Å²) in [5, 5.41) is 2.75. The molecule has 1 heterocycles. The van der Waals surface area contributed by atoms with E-state index < -0.39 is 12.1 Å². The first-order valence-corrected chi connectivity index (χ1v) is 10.5. The van der Waals surface area contributed by atoms with Crippen LogP contribution in [0.2, 0.25) is 0 Å². The molecule has 2 amide bonds. The Morgan fingerprint density at radius 2 is 1.86 bits per heavy atom. The van der Waals surface area contributed by atoms with E-state index in [0.29, 0.717) is 24.5 Å². The minimum atomic E-state index is -0.522. The second kappa shape index (κ2) is 9.41. The van der Waals surface area contributed by atoms with Crippen molar-refractivity contribution in [1.29, 1.82) is 0 Å². The van der Waals surface area contributed by atoms with Crippen LogP contribution in [0.4, 0.5) is 4.79 Å². The molecule has 6 heteroatoms. The van der Waals surface area contributed by atoms with Crippen LogP contribution in [0, 0.1) is 0 Å². The van der Waals surface area contributed by atoms with Crippen LogP contribution in [0.25, 0.3) is 0 Å². The SMILES string of the molecule is CC(C)N(C)C1CCC(N2CCC(NC(=O)OCc3ccccc3)C2=O)CC1. The van der Waals surface area contributed by atoms with Gasteiger partial charge in [-0.15, -0.1) is 0 Å². The molecule has 0 aromatic heterocycles. The number of nitrogens with zero attached hydrogens (tertiary/aromatic N) is 2. The van der Waals surface area contributed by atoms with Crippen LogP contribution in [0.3, 0.4) is 0 Å². The lowest BCUT2D eigenvalue weighted by atomic mass is 9.89. The van der Waals surface area contributed by atoms with Gasteiger partial charge in [-0.05, 0) is 58.6 Å². The lowest BCUT2D eigenvalue weighted by Crippen LogP contribution is -2.48. The number of nitrogens with one attached hydrogen (secondary N) is 1. The topological polar surface area (TPSA) is 61.9 Å². The Morgan fingerprint density at radius 3 is 2.50 bits per heavy atom. The van der Waals surface area contributed by atoms with Crippen molar-refractivity contribution < 1.29 is 14.3 Å². The first-order valence-electron chi connectivity index (χ1n) is 10.5. The van der Waals surface area contributed by atoms with Crippen LogP contribution in [-0.2, 0) is 16.1 Å². The van der Waals surface area contributed by atoms with Gasteiger partial charge in [0.05, 0.1) is 0 Å². The van der Waals surface area contributed by atoms with Gasteiger partial charge in [-0.2, -0.15) is 0 Å². The maximum Gasteiger partial charge on any atom is 0.408 e. The molecule has 28 heavy (non-hydrogen) atoms. The third-order valence-electron chi connectivity index (χ3n) is 6.24. The quantitative estimate of drug-likeness (QED) is 0.814. The summed E-state index contributed by atoms with van der Waals surface area (Å²) >= 11 is 0. The number of rotatable bonds is 6. The molecule has 2 fully saturated rings. The molecule has 154 valence electrons. The largest absolute Gasteiger partial charge is 0.445 e. The van der Waals surface area contributed by atoms with Gasteiger partial charge < -0.3 is 19.9 Å². The van der Waals surface area contributed by atoms with Crippen LogP contribution < -0.4 is 5.32 Å². The van der Waals surface area contributed by atoms with Crippen molar-refractivity contribution in [2.24, 2.45) is 0 Å². The summed E-state index contributed by atoms with van der Waals surface area (Å²) in [6.07, 6.45) is 4.47. The zero-order chi connectivity index (χ0) is 20.1. The van der Waals surface area contributed by atoms with Crippen molar-refractivity contribution in [3.8, 4) is 0 Å². The Morgan fingerprint density at radius 1 is 1.18 bits per heavy atom. The normalized spacial score (nSPS) is 25.4. The number of ether oxygens (including phenoxy) is 1. The molecule has 1 aromatic rings. The van der Waals surface area contributed by atoms with E-state index >= 15 is 0 Å². The molecule has 1 aromatic carbocycles. The Bertz CT molecular complexity index is 656. The third kappa shape index (κ3) is 5.04. The molecule has 1 N–H and O–H groups in total. The van der Waals surface area contributed by atoms with Crippen LogP contribution in [0.5, 0.6) is 0 Å². The monoisotopic (exact) mass is 387 g/mol. The van der Waals surface area contributed by atoms with E-state index in [-0.39, 0.29) is 12.5 Å². The molecule has 1 aliphatic carbocycles. The standard InChI is InChI=1S/C22H33N3O3/c1-16(2)24(3)18-9-11-19(12-10-18)25-14-13-20(21(25)26)23-22(27)28-15-17-7-5-4-6-8-17/h4-8,16,18-20H,9-15H2,1-3H3,(H,23,27). The Balaban J connectivity index is 1.44. The second-order valence-corrected chi connectivity index (χ2v) is 8.30. The number of hydrogen-bond donors (Lipinski definition) is 1. The average molecular weight is 388 g/mol. The van der Waals surface area contributed by atoms with Crippen molar-refractivity contribution in [3.05, 3.63) is 35.9 Å². The van der Waals surface area contributed by atoms with Crippen molar-refractivity contribution in [2.75, 3.05) is 13.6 Å². The molecule has 1 aliphatic heterocycles. The van der Waals surface area contributed by atoms with Crippen molar-refractivity contribution in [2.45, 2.75) is 76.7 Å². The van der Waals surface area contributed by atoms with Crippen molar-refractivity contribution in [1.82, 2.24) is 15.1 Å². The summed E-state index contributed by atoms with van der Waals surface area (Å²) in [6.45, 7) is 5.38. The third-order valence-corrected chi connectivity index (χ3v) is 6.24. The Hall–Kier alpha value is -2.08. The summed E-state index contributed by atoms with van der Waals surface area (Å²) in [7, 11) is 2.19. The molecule has 6 nitrogen and oxygen atoms in total. The predicted molar refractivity (Wildman–Crippen MR) is 109 cm³/mol. The van der Waals surface area contributed by atoms with Gasteiger partial charge in [0.15, 0.2) is 0 Å². The van der Waals surface area contributed by atoms with Crippen molar-refractivity contribution in [3.63, 3.8) is 0 Å². The zero-order valence-corrected chi connectivity index (χ0v) is 17.3. The first kappa shape index (κ1) is 20.6. The number of carbonyl (C=O) groups is 2. The van der Waals surface area contributed by atoms with E-state index in [1.54, 1.807) is 0 Å². The minimum absolute atomic E-state index is 0.0392. The highest BCUT2D eigenvalue weighted by Gasteiger charge is 2.38. The number of carbonyl (C=O) groups excluding carboxylic acids is 2. The average Bonchev–Trinajstić information content (AvgIpc) is 3.07. The molecule has 1 atom stereocenters. The van der Waals surface area contributed by atoms with Gasteiger partial charge in [0.1, 0.15) is 12.6 Å². The second-order valence-electron chi connectivity index (χ2n) is 8.30. The smallest absolute Gasteiger partial charge is 0.408 e. The fourth-order valence-corrected chi connectivity index (χ4v) is 4.30. The van der Waals surface area contributed by atoms with Crippen molar-refractivity contribution >= 4 is 12.0 Å². The van der Waals surface area contributed by atoms with Crippen LogP contribution in [-0.4, -0.2) is 59.6 Å². The van der Waals surface area contributed by atoms with Gasteiger partial charge in [0, 0.05) is 24.7 Å². The van der Waals surface area contributed by atoms with E-state index in [2.05, 4.69) is 31.1 Å². The Kier molecular flexibility index (Phi) is 6.94. The van der Waals surface area contributed by atoms with E-state index in [4.69, 9.17) is 4.74 Å². The summed E-state index contributed by atoms with van der Waals surface area (Å²) in [5.74, 6) is 0.0392. The molecular formula is C22H33N3O3. The lowest BCUT2D eigenvalue weighted by Gasteiger charge is -2.39. The summed E-state index contributed by atoms with van der Waals surface area (Å²) < 4.78 is 5.26. The number of likely N-dealkylation sites (tertiary alicyclic amines) is 1. The molecule has 1 saturated carbocycles. The highest BCUT2D eigenvalue weighted by Crippen LogP contribution is 2.29. The molecule has 0 radical (unpaired) electrons. The summed E-state index contributed by atoms with van der Waals surface area (Å²) in [6, 6.07) is 10.5. The fraction of sp³-hybridized carbons (Fsp3) is 0.636. The van der Waals surface area contributed by atoms with Crippen LogP contribution in [0.1, 0.15) is 51.5 Å². The number of alkyl carbamates (subject to hydrolysis) is 1. The van der Waals surface area contributed by atoms with Gasteiger partial charge in [0.25, 0.3) is 0 Å². The molecule has 0 spiro atoms. The van der Waals surface area contributed by atoms with E-state index in [1.165, 1.54) is 0 Å². The van der Waals surface area contributed by atoms with Gasteiger partial charge in [-0.1, -0.05) is 30.3 Å². The van der Waals surface area contributed by atoms with Gasteiger partial charge in [-0.3, -0.25) is 4.79 Å². The first-order chi connectivity index (χ1) is 13.5. The number of amides is 2. The molecule has 1 saturated heterocycles. The zero-order valence-electron chi connectivity index (χ0n) is 17.3. The minimum Gasteiger partial charge on any atom is -0.445 e. The molecule has 0 bridgehead atoms. The van der Waals surface area contributed by atoms with E-state index in [0.717, 1.165) is 37.8 Å². The van der Waals surface area contributed by atoms with Gasteiger partial charge >= 0.3 is 6.09 Å². The highest BCUT2D eigenvalue weighted by molar-refractivity contribution is 5.87. The number of benzene rings is 1. The molecule has 3 rings (SSSR count). The van der Waals surface area contributed by atoms with Crippen LogP contribution >= 0.6 is 0 Å². The molecular weight excluding hydrogens is 354 g/mol. The van der Waals surface area contributed by atoms with Gasteiger partial charge in [0.2, 0.25) is 5.91 Å². The highest BCUT2D eigenvalue weighted by atomic mass is 16.5. The fourth-order valence-electron chi connectivity index (χ4n) is 4.30. The summed E-state index contributed by atoms with van der Waals surface area (Å²) in [5.41, 5.74) is 0.931. The summed E-state index contributed by atoms with van der Waals surface area (Å²) in [4.78, 5) is 29.3. The Labute approximate surface area is 168 Å². The maximum atomic E-state index is 12.8. The van der Waals surface area contributed by atoms with Crippen LogP contribution in [0.15, 0.2) is 30.3 Å². The number of hydrogen-bond acceptors (Lipinski definition) is 4. The maximum absolute atomic E-state index is 12.8. The van der Waals surface area contributed by atoms with E-state index in [1.807, 2.05) is 35.2 Å².